The fraction of sp³-hybridized carbons (Fsp3) is 0.500. The van der Waals surface area contributed by atoms with Gasteiger partial charge in [0.15, 0.2) is 0 Å². The average molecular weight is 281 g/mol. The van der Waals surface area contributed by atoms with E-state index in [-0.39, 0.29) is 5.38 Å². The molecule has 0 spiro atoms. The summed E-state index contributed by atoms with van der Waals surface area (Å²) in [7, 11) is 0. The van der Waals surface area contributed by atoms with E-state index in [2.05, 4.69) is 5.32 Å². The second-order valence-electron chi connectivity index (χ2n) is 3.85. The molecule has 0 radical (unpaired) electrons. The Morgan fingerprint density at radius 2 is 2.00 bits per heavy atom. The third-order valence-electron chi connectivity index (χ3n) is 2.27. The molecule has 90 valence electrons. The van der Waals surface area contributed by atoms with Gasteiger partial charge in [0.1, 0.15) is 0 Å². The lowest BCUT2D eigenvalue weighted by atomic mass is 10.2. The summed E-state index contributed by atoms with van der Waals surface area (Å²) in [5.74, 6) is 0. The van der Waals surface area contributed by atoms with Crippen molar-refractivity contribution in [3.63, 3.8) is 0 Å². The van der Waals surface area contributed by atoms with Crippen LogP contribution in [0.25, 0.3) is 0 Å². The Morgan fingerprint density at radius 3 is 2.62 bits per heavy atom. The van der Waals surface area contributed by atoms with E-state index >= 15 is 0 Å². The third-order valence-corrected chi connectivity index (χ3v) is 3.23. The standard InChI is InChI=1S/C12H16Cl3N/c1-9(13)3-2-6-16-8-10-4-5-11(14)12(15)7-10/h4-5,7,9,16H,2-3,6,8H2,1H3. The van der Waals surface area contributed by atoms with Crippen LogP contribution in [0.4, 0.5) is 0 Å². The monoisotopic (exact) mass is 279 g/mol. The van der Waals surface area contributed by atoms with Gasteiger partial charge in [-0.25, -0.2) is 0 Å². The van der Waals surface area contributed by atoms with Crippen LogP contribution in [-0.2, 0) is 6.54 Å². The van der Waals surface area contributed by atoms with Gasteiger partial charge in [0.25, 0.3) is 0 Å². The number of halogens is 3. The van der Waals surface area contributed by atoms with E-state index in [9.17, 15) is 0 Å². The van der Waals surface area contributed by atoms with Gasteiger partial charge in [0, 0.05) is 11.9 Å². The molecular weight excluding hydrogens is 264 g/mol. The number of nitrogens with one attached hydrogen (secondary N) is 1. The van der Waals surface area contributed by atoms with Gasteiger partial charge in [-0.2, -0.15) is 0 Å². The Morgan fingerprint density at radius 1 is 1.25 bits per heavy atom. The van der Waals surface area contributed by atoms with E-state index < -0.39 is 0 Å². The molecule has 0 aliphatic heterocycles. The Bertz CT molecular complexity index is 326. The van der Waals surface area contributed by atoms with Crippen molar-refractivity contribution < 1.29 is 0 Å². The Kier molecular flexibility index (Phi) is 6.52. The normalized spacial score (nSPS) is 12.8. The summed E-state index contributed by atoms with van der Waals surface area (Å²) in [5.41, 5.74) is 1.15. The summed E-state index contributed by atoms with van der Waals surface area (Å²) in [4.78, 5) is 0. The van der Waals surface area contributed by atoms with Crippen LogP contribution in [0.2, 0.25) is 10.0 Å². The van der Waals surface area contributed by atoms with Crippen molar-refractivity contribution in [3.8, 4) is 0 Å². The molecule has 4 heteroatoms. The maximum Gasteiger partial charge on any atom is 0.0595 e. The first-order valence-corrected chi connectivity index (χ1v) is 6.57. The smallest absolute Gasteiger partial charge is 0.0595 e. The zero-order chi connectivity index (χ0) is 12.0. The molecule has 0 saturated heterocycles. The Balaban J connectivity index is 2.24. The maximum absolute atomic E-state index is 5.92. The van der Waals surface area contributed by atoms with Gasteiger partial charge in [-0.3, -0.25) is 0 Å². The molecule has 16 heavy (non-hydrogen) atoms. The summed E-state index contributed by atoms with van der Waals surface area (Å²) in [5, 5.41) is 4.80. The molecule has 0 amide bonds. The van der Waals surface area contributed by atoms with E-state index in [0.29, 0.717) is 10.0 Å². The second-order valence-corrected chi connectivity index (χ2v) is 5.41. The van der Waals surface area contributed by atoms with Crippen molar-refractivity contribution >= 4 is 34.8 Å². The number of alkyl halides is 1. The van der Waals surface area contributed by atoms with Crippen molar-refractivity contribution in [1.29, 1.82) is 0 Å². The molecule has 1 rings (SSSR count). The number of benzene rings is 1. The van der Waals surface area contributed by atoms with Gasteiger partial charge in [0.05, 0.1) is 10.0 Å². The van der Waals surface area contributed by atoms with E-state index in [4.69, 9.17) is 34.8 Å². The van der Waals surface area contributed by atoms with Crippen molar-refractivity contribution in [3.05, 3.63) is 33.8 Å². The lowest BCUT2D eigenvalue weighted by molar-refractivity contribution is 0.619. The molecule has 1 unspecified atom stereocenters. The fourth-order valence-electron chi connectivity index (χ4n) is 1.39. The summed E-state index contributed by atoms with van der Waals surface area (Å²) >= 11 is 17.6. The molecule has 0 fully saturated rings. The highest BCUT2D eigenvalue weighted by atomic mass is 35.5. The van der Waals surface area contributed by atoms with Crippen LogP contribution in [0.1, 0.15) is 25.3 Å². The Labute approximate surface area is 112 Å². The predicted molar refractivity (Wildman–Crippen MR) is 72.7 cm³/mol. The van der Waals surface area contributed by atoms with E-state index in [1.54, 1.807) is 0 Å². The van der Waals surface area contributed by atoms with Crippen LogP contribution in [0.5, 0.6) is 0 Å². The van der Waals surface area contributed by atoms with Crippen LogP contribution in [0.3, 0.4) is 0 Å². The van der Waals surface area contributed by atoms with Gasteiger partial charge in [0.2, 0.25) is 0 Å². The molecule has 1 N–H and O–H groups in total. The predicted octanol–water partition coefficient (Wildman–Crippen LogP) is 4.49. The highest BCUT2D eigenvalue weighted by Gasteiger charge is 1.99. The second kappa shape index (κ2) is 7.39. The molecule has 0 bridgehead atoms. The number of hydrogen-bond acceptors (Lipinski definition) is 1. The van der Waals surface area contributed by atoms with Crippen molar-refractivity contribution in [2.75, 3.05) is 6.54 Å². The molecule has 1 aromatic carbocycles. The minimum absolute atomic E-state index is 0.256. The van der Waals surface area contributed by atoms with E-state index in [0.717, 1.165) is 31.5 Å². The van der Waals surface area contributed by atoms with Gasteiger partial charge in [-0.1, -0.05) is 29.3 Å². The largest absolute Gasteiger partial charge is 0.313 e. The SMILES string of the molecule is CC(Cl)CCCNCc1ccc(Cl)c(Cl)c1. The van der Waals surface area contributed by atoms with Crippen LogP contribution < -0.4 is 5.32 Å². The fourth-order valence-corrected chi connectivity index (χ4v) is 1.87. The molecule has 0 aliphatic rings. The summed E-state index contributed by atoms with van der Waals surface area (Å²) in [6.07, 6.45) is 2.13. The molecule has 0 aliphatic carbocycles. The summed E-state index contributed by atoms with van der Waals surface area (Å²) < 4.78 is 0. The van der Waals surface area contributed by atoms with Crippen molar-refractivity contribution in [2.24, 2.45) is 0 Å². The molecule has 1 atom stereocenters. The minimum Gasteiger partial charge on any atom is -0.313 e. The van der Waals surface area contributed by atoms with E-state index in [1.807, 2.05) is 25.1 Å². The summed E-state index contributed by atoms with van der Waals surface area (Å²) in [6, 6.07) is 5.69. The zero-order valence-electron chi connectivity index (χ0n) is 9.27. The van der Waals surface area contributed by atoms with Gasteiger partial charge >= 0.3 is 0 Å². The highest BCUT2D eigenvalue weighted by molar-refractivity contribution is 6.42. The summed E-state index contributed by atoms with van der Waals surface area (Å²) in [6.45, 7) is 3.80. The van der Waals surface area contributed by atoms with Crippen molar-refractivity contribution in [1.82, 2.24) is 5.32 Å². The van der Waals surface area contributed by atoms with Gasteiger partial charge < -0.3 is 5.32 Å². The highest BCUT2D eigenvalue weighted by Crippen LogP contribution is 2.22. The van der Waals surface area contributed by atoms with Gasteiger partial charge in [-0.15, -0.1) is 11.6 Å². The number of hydrogen-bond donors (Lipinski definition) is 1. The molecule has 0 saturated carbocycles. The minimum atomic E-state index is 0.256. The van der Waals surface area contributed by atoms with E-state index in [1.165, 1.54) is 0 Å². The molecule has 0 aromatic heterocycles. The first kappa shape index (κ1) is 14.1. The maximum atomic E-state index is 5.92. The van der Waals surface area contributed by atoms with Crippen molar-refractivity contribution in [2.45, 2.75) is 31.7 Å². The lowest BCUT2D eigenvalue weighted by Crippen LogP contribution is -2.15. The van der Waals surface area contributed by atoms with Gasteiger partial charge in [-0.05, 0) is 44.0 Å². The van der Waals surface area contributed by atoms with Crippen LogP contribution in [0.15, 0.2) is 18.2 Å². The quantitative estimate of drug-likeness (QED) is 0.598. The zero-order valence-corrected chi connectivity index (χ0v) is 11.5. The number of rotatable bonds is 6. The topological polar surface area (TPSA) is 12.0 Å². The molecule has 1 aromatic rings. The third kappa shape index (κ3) is 5.40. The van der Waals surface area contributed by atoms with Crippen LogP contribution in [-0.4, -0.2) is 11.9 Å². The van der Waals surface area contributed by atoms with Crippen LogP contribution in [0, 0.1) is 0 Å². The first-order valence-electron chi connectivity index (χ1n) is 5.38. The average Bonchev–Trinajstić information content (AvgIpc) is 2.22. The van der Waals surface area contributed by atoms with Crippen LogP contribution >= 0.6 is 34.8 Å². The first-order chi connectivity index (χ1) is 7.59. The molecule has 0 heterocycles. The molecular formula is C12H16Cl3N. The lowest BCUT2D eigenvalue weighted by Gasteiger charge is -2.06. The molecule has 1 nitrogen and oxygen atoms in total. The Hall–Kier alpha value is 0.0500.